The van der Waals surface area contributed by atoms with Gasteiger partial charge in [0.1, 0.15) is 0 Å². The summed E-state index contributed by atoms with van der Waals surface area (Å²) in [5.41, 5.74) is 6.30. The number of benzene rings is 3. The Morgan fingerprint density at radius 2 is 1.26 bits per heavy atom. The standard InChI is InChI=1S/C24H25N3/c1-17-8-6-12-20(14-17)22-23(21-13-7-9-18(2)15-21)27-24(26-22)25-16-19-10-4-3-5-11-19/h3-15,22-23H,16H2,1-2H3,(H2,25,26,27). The lowest BCUT2D eigenvalue weighted by Gasteiger charge is -2.20. The molecule has 1 heterocycles. The van der Waals surface area contributed by atoms with Crippen molar-refractivity contribution in [2.24, 2.45) is 4.99 Å². The van der Waals surface area contributed by atoms with Crippen LogP contribution in [-0.2, 0) is 6.54 Å². The van der Waals surface area contributed by atoms with Crippen molar-refractivity contribution < 1.29 is 0 Å². The first-order valence-corrected chi connectivity index (χ1v) is 9.43. The van der Waals surface area contributed by atoms with Crippen molar-refractivity contribution in [3.05, 3.63) is 107 Å². The van der Waals surface area contributed by atoms with Gasteiger partial charge in [0.15, 0.2) is 5.96 Å². The summed E-state index contributed by atoms with van der Waals surface area (Å²) in [4.78, 5) is 4.78. The monoisotopic (exact) mass is 355 g/mol. The molecule has 4 rings (SSSR count). The van der Waals surface area contributed by atoms with Crippen LogP contribution in [0.2, 0.25) is 0 Å². The molecule has 1 saturated heterocycles. The molecule has 2 N–H and O–H groups in total. The van der Waals surface area contributed by atoms with Crippen LogP contribution >= 0.6 is 0 Å². The van der Waals surface area contributed by atoms with Crippen molar-refractivity contribution in [1.29, 1.82) is 0 Å². The van der Waals surface area contributed by atoms with Gasteiger partial charge < -0.3 is 10.6 Å². The van der Waals surface area contributed by atoms with E-state index in [9.17, 15) is 0 Å². The predicted octanol–water partition coefficient (Wildman–Crippen LogP) is 4.83. The Kier molecular flexibility index (Phi) is 4.93. The molecule has 27 heavy (non-hydrogen) atoms. The van der Waals surface area contributed by atoms with E-state index in [4.69, 9.17) is 4.99 Å². The first kappa shape index (κ1) is 17.3. The fourth-order valence-electron chi connectivity index (χ4n) is 3.63. The van der Waals surface area contributed by atoms with Gasteiger partial charge in [-0.05, 0) is 30.5 Å². The molecule has 0 radical (unpaired) electrons. The van der Waals surface area contributed by atoms with E-state index in [1.165, 1.54) is 27.8 Å². The van der Waals surface area contributed by atoms with Crippen LogP contribution in [-0.4, -0.2) is 5.96 Å². The average molecular weight is 355 g/mol. The third-order valence-corrected chi connectivity index (χ3v) is 4.98. The molecule has 0 amide bonds. The Morgan fingerprint density at radius 1 is 0.704 bits per heavy atom. The molecule has 1 aliphatic heterocycles. The number of hydrogen-bond donors (Lipinski definition) is 2. The lowest BCUT2D eigenvalue weighted by molar-refractivity contribution is 0.553. The zero-order valence-corrected chi connectivity index (χ0v) is 15.8. The lowest BCUT2D eigenvalue weighted by Crippen LogP contribution is -2.25. The van der Waals surface area contributed by atoms with Gasteiger partial charge in [0, 0.05) is 0 Å². The first-order valence-electron chi connectivity index (χ1n) is 9.43. The molecule has 0 bridgehead atoms. The average Bonchev–Trinajstić information content (AvgIpc) is 3.12. The van der Waals surface area contributed by atoms with Crippen LogP contribution in [0.15, 0.2) is 83.9 Å². The van der Waals surface area contributed by atoms with Gasteiger partial charge in [0.05, 0.1) is 18.6 Å². The summed E-state index contributed by atoms with van der Waals surface area (Å²) in [6, 6.07) is 28.1. The highest BCUT2D eigenvalue weighted by atomic mass is 15.3. The number of rotatable bonds is 4. The van der Waals surface area contributed by atoms with Gasteiger partial charge in [-0.25, -0.2) is 4.99 Å². The minimum absolute atomic E-state index is 0.154. The highest BCUT2D eigenvalue weighted by molar-refractivity contribution is 5.83. The summed E-state index contributed by atoms with van der Waals surface area (Å²) >= 11 is 0. The second kappa shape index (κ2) is 7.67. The van der Waals surface area contributed by atoms with Gasteiger partial charge >= 0.3 is 0 Å². The fraction of sp³-hybridized carbons (Fsp3) is 0.208. The zero-order valence-electron chi connectivity index (χ0n) is 15.8. The van der Waals surface area contributed by atoms with Crippen molar-refractivity contribution in [3.8, 4) is 0 Å². The van der Waals surface area contributed by atoms with Crippen LogP contribution in [0.25, 0.3) is 0 Å². The maximum atomic E-state index is 4.78. The SMILES string of the molecule is Cc1cccc(C2NC(=NCc3ccccc3)NC2c2cccc(C)c2)c1. The fourth-order valence-corrected chi connectivity index (χ4v) is 3.63. The van der Waals surface area contributed by atoms with Gasteiger partial charge in [0.2, 0.25) is 0 Å². The van der Waals surface area contributed by atoms with E-state index >= 15 is 0 Å². The number of aryl methyl sites for hydroxylation is 2. The van der Waals surface area contributed by atoms with E-state index in [-0.39, 0.29) is 12.1 Å². The van der Waals surface area contributed by atoms with Gasteiger partial charge in [-0.15, -0.1) is 0 Å². The van der Waals surface area contributed by atoms with E-state index in [1.54, 1.807) is 0 Å². The Bertz CT molecular complexity index is 891. The smallest absolute Gasteiger partial charge is 0.192 e. The number of nitrogens with one attached hydrogen (secondary N) is 2. The molecule has 3 nitrogen and oxygen atoms in total. The predicted molar refractivity (Wildman–Crippen MR) is 112 cm³/mol. The highest BCUT2D eigenvalue weighted by Gasteiger charge is 2.32. The van der Waals surface area contributed by atoms with Crippen molar-refractivity contribution in [3.63, 3.8) is 0 Å². The van der Waals surface area contributed by atoms with E-state index in [2.05, 4.69) is 97.3 Å². The molecule has 0 aromatic heterocycles. The van der Waals surface area contributed by atoms with Crippen molar-refractivity contribution >= 4 is 5.96 Å². The van der Waals surface area contributed by atoms with Crippen LogP contribution in [0, 0.1) is 13.8 Å². The molecule has 1 aliphatic rings. The molecule has 0 spiro atoms. The van der Waals surface area contributed by atoms with Crippen molar-refractivity contribution in [2.75, 3.05) is 0 Å². The van der Waals surface area contributed by atoms with Gasteiger partial charge in [0.25, 0.3) is 0 Å². The van der Waals surface area contributed by atoms with Gasteiger partial charge in [-0.2, -0.15) is 0 Å². The summed E-state index contributed by atoms with van der Waals surface area (Å²) in [7, 11) is 0. The van der Waals surface area contributed by atoms with E-state index in [0.717, 1.165) is 5.96 Å². The molecule has 0 aliphatic carbocycles. The Labute approximate surface area is 161 Å². The minimum Gasteiger partial charge on any atom is -0.347 e. The van der Waals surface area contributed by atoms with Crippen LogP contribution in [0.5, 0.6) is 0 Å². The third-order valence-electron chi connectivity index (χ3n) is 4.98. The molecular formula is C24H25N3. The summed E-state index contributed by atoms with van der Waals surface area (Å²) in [5, 5.41) is 7.22. The Hall–Kier alpha value is -3.07. The first-order chi connectivity index (χ1) is 13.2. The maximum Gasteiger partial charge on any atom is 0.192 e. The summed E-state index contributed by atoms with van der Waals surface area (Å²) < 4.78 is 0. The van der Waals surface area contributed by atoms with Crippen molar-refractivity contribution in [2.45, 2.75) is 32.5 Å². The number of nitrogens with zero attached hydrogens (tertiary/aromatic N) is 1. The molecule has 1 fully saturated rings. The Balaban J connectivity index is 1.64. The normalized spacial score (nSPS) is 18.7. The van der Waals surface area contributed by atoms with Crippen LogP contribution in [0.3, 0.4) is 0 Å². The molecule has 2 atom stereocenters. The van der Waals surface area contributed by atoms with Crippen LogP contribution in [0.1, 0.15) is 39.9 Å². The third kappa shape index (κ3) is 4.03. The topological polar surface area (TPSA) is 36.4 Å². The largest absolute Gasteiger partial charge is 0.347 e. The van der Waals surface area contributed by atoms with Crippen molar-refractivity contribution in [1.82, 2.24) is 10.6 Å². The second-order valence-electron chi connectivity index (χ2n) is 7.22. The van der Waals surface area contributed by atoms with E-state index in [0.29, 0.717) is 6.54 Å². The van der Waals surface area contributed by atoms with Crippen LogP contribution < -0.4 is 10.6 Å². The molecule has 3 aromatic carbocycles. The summed E-state index contributed by atoms with van der Waals surface area (Å²) in [5.74, 6) is 0.858. The number of guanidine groups is 1. The lowest BCUT2D eigenvalue weighted by atomic mass is 9.93. The molecule has 3 aromatic rings. The molecule has 3 heteroatoms. The summed E-state index contributed by atoms with van der Waals surface area (Å²) in [6.07, 6.45) is 0. The second-order valence-corrected chi connectivity index (χ2v) is 7.22. The molecule has 136 valence electrons. The Morgan fingerprint density at radius 3 is 1.78 bits per heavy atom. The highest BCUT2D eigenvalue weighted by Crippen LogP contribution is 2.33. The zero-order chi connectivity index (χ0) is 18.6. The van der Waals surface area contributed by atoms with Gasteiger partial charge in [-0.3, -0.25) is 0 Å². The minimum atomic E-state index is 0.154. The quantitative estimate of drug-likeness (QED) is 0.703. The number of hydrogen-bond acceptors (Lipinski definition) is 1. The maximum absolute atomic E-state index is 4.78. The molecule has 2 unspecified atom stereocenters. The van der Waals surface area contributed by atoms with Gasteiger partial charge in [-0.1, -0.05) is 90.0 Å². The summed E-state index contributed by atoms with van der Waals surface area (Å²) in [6.45, 7) is 4.94. The molecule has 0 saturated carbocycles. The van der Waals surface area contributed by atoms with E-state index in [1.807, 2.05) is 6.07 Å². The van der Waals surface area contributed by atoms with E-state index < -0.39 is 0 Å². The van der Waals surface area contributed by atoms with Crippen LogP contribution in [0.4, 0.5) is 0 Å². The number of aliphatic imine (C=N–C) groups is 1. The molecular weight excluding hydrogens is 330 g/mol.